The summed E-state index contributed by atoms with van der Waals surface area (Å²) in [6, 6.07) is 9.96. The van der Waals surface area contributed by atoms with Gasteiger partial charge in [0.1, 0.15) is 5.69 Å². The lowest BCUT2D eigenvalue weighted by atomic mass is 10.1. The molecule has 30 heavy (non-hydrogen) atoms. The molecule has 0 aliphatic carbocycles. The first-order valence-electron chi connectivity index (χ1n) is 9.15. The monoisotopic (exact) mass is 405 g/mol. The van der Waals surface area contributed by atoms with Gasteiger partial charge >= 0.3 is 0 Å². The summed E-state index contributed by atoms with van der Waals surface area (Å²) in [4.78, 5) is 39.7. The maximum atomic E-state index is 12.6. The Labute approximate surface area is 170 Å². The van der Waals surface area contributed by atoms with Crippen LogP contribution in [0.25, 0.3) is 11.3 Å². The molecule has 4 rings (SSSR count). The van der Waals surface area contributed by atoms with Crippen LogP contribution >= 0.6 is 0 Å². The first-order valence-corrected chi connectivity index (χ1v) is 9.15. The third-order valence-electron chi connectivity index (χ3n) is 4.80. The highest BCUT2D eigenvalue weighted by Crippen LogP contribution is 2.17. The van der Waals surface area contributed by atoms with Gasteiger partial charge in [-0.25, -0.2) is 14.2 Å². The molecule has 3 heterocycles. The van der Waals surface area contributed by atoms with Crippen LogP contribution in [0.2, 0.25) is 0 Å². The highest BCUT2D eigenvalue weighted by molar-refractivity contribution is 5.92. The van der Waals surface area contributed by atoms with Crippen molar-refractivity contribution < 1.29 is 9.59 Å². The number of carbonyl (C=O) groups excluding carboxylic acids is 2. The minimum absolute atomic E-state index is 0.115. The van der Waals surface area contributed by atoms with Crippen LogP contribution in [0.5, 0.6) is 0 Å². The Hall–Kier alpha value is -4.21. The Morgan fingerprint density at radius 1 is 1.17 bits per heavy atom. The van der Waals surface area contributed by atoms with E-state index in [-0.39, 0.29) is 23.6 Å². The van der Waals surface area contributed by atoms with Crippen molar-refractivity contribution in [3.8, 4) is 5.69 Å². The SMILES string of the molecule is Cc1nc2cc(=O)[nH]n2c(C)c1CC(=O)Nc1ccc(-n2ccc(C(N)=O)n2)cc1. The van der Waals surface area contributed by atoms with E-state index < -0.39 is 5.91 Å². The first kappa shape index (κ1) is 19.1. The number of carbonyl (C=O) groups is 2. The van der Waals surface area contributed by atoms with Gasteiger partial charge in [-0.15, -0.1) is 0 Å². The lowest BCUT2D eigenvalue weighted by Crippen LogP contribution is -2.18. The van der Waals surface area contributed by atoms with Gasteiger partial charge in [-0.1, -0.05) is 0 Å². The number of anilines is 1. The highest BCUT2D eigenvalue weighted by atomic mass is 16.2. The number of rotatable bonds is 5. The number of fused-ring (bicyclic) bond motifs is 1. The minimum Gasteiger partial charge on any atom is -0.364 e. The number of aromatic amines is 1. The summed E-state index contributed by atoms with van der Waals surface area (Å²) in [5, 5.41) is 9.62. The summed E-state index contributed by atoms with van der Waals surface area (Å²) < 4.78 is 3.11. The largest absolute Gasteiger partial charge is 0.364 e. The van der Waals surface area contributed by atoms with Gasteiger partial charge in [-0.2, -0.15) is 5.10 Å². The zero-order valence-corrected chi connectivity index (χ0v) is 16.3. The van der Waals surface area contributed by atoms with Gasteiger partial charge in [0.25, 0.3) is 11.5 Å². The molecule has 0 spiro atoms. The Morgan fingerprint density at radius 3 is 2.57 bits per heavy atom. The number of primary amides is 1. The summed E-state index contributed by atoms with van der Waals surface area (Å²) >= 11 is 0. The quantitative estimate of drug-likeness (QED) is 0.456. The number of hydrogen-bond acceptors (Lipinski definition) is 5. The lowest BCUT2D eigenvalue weighted by molar-refractivity contribution is -0.115. The number of aryl methyl sites for hydroxylation is 2. The fourth-order valence-corrected chi connectivity index (χ4v) is 3.27. The number of nitrogens with one attached hydrogen (secondary N) is 2. The Balaban J connectivity index is 1.50. The molecule has 0 unspecified atom stereocenters. The summed E-state index contributed by atoms with van der Waals surface area (Å²) in [7, 11) is 0. The van der Waals surface area contributed by atoms with Crippen LogP contribution in [0.4, 0.5) is 5.69 Å². The minimum atomic E-state index is -0.597. The van der Waals surface area contributed by atoms with Gasteiger partial charge in [-0.05, 0) is 44.2 Å². The average Bonchev–Trinajstić information content (AvgIpc) is 3.33. The van der Waals surface area contributed by atoms with E-state index in [2.05, 4.69) is 20.5 Å². The van der Waals surface area contributed by atoms with Gasteiger partial charge in [0.2, 0.25) is 5.91 Å². The van der Waals surface area contributed by atoms with Crippen molar-refractivity contribution in [2.45, 2.75) is 20.3 Å². The number of nitrogens with two attached hydrogens (primary N) is 1. The van der Waals surface area contributed by atoms with Gasteiger partial charge < -0.3 is 11.1 Å². The number of H-pyrrole nitrogens is 1. The molecule has 4 aromatic rings. The van der Waals surface area contributed by atoms with Crippen LogP contribution < -0.4 is 16.6 Å². The molecule has 0 bridgehead atoms. The van der Waals surface area contributed by atoms with E-state index >= 15 is 0 Å². The fourth-order valence-electron chi connectivity index (χ4n) is 3.27. The van der Waals surface area contributed by atoms with Gasteiger partial charge in [-0.3, -0.25) is 19.5 Å². The second-order valence-corrected chi connectivity index (χ2v) is 6.86. The van der Waals surface area contributed by atoms with E-state index in [1.54, 1.807) is 35.0 Å². The predicted octanol–water partition coefficient (Wildman–Crippen LogP) is 1.11. The predicted molar refractivity (Wildman–Crippen MR) is 110 cm³/mol. The molecular formula is C20H19N7O3. The molecule has 10 heteroatoms. The fraction of sp³-hybridized carbons (Fsp3) is 0.150. The van der Waals surface area contributed by atoms with E-state index in [0.29, 0.717) is 17.0 Å². The summed E-state index contributed by atoms with van der Waals surface area (Å²) in [6.45, 7) is 3.64. The molecule has 0 atom stereocenters. The van der Waals surface area contributed by atoms with Crippen molar-refractivity contribution in [2.75, 3.05) is 5.32 Å². The normalized spacial score (nSPS) is 11.0. The van der Waals surface area contributed by atoms with Crippen LogP contribution in [0.3, 0.4) is 0 Å². The molecule has 10 nitrogen and oxygen atoms in total. The smallest absolute Gasteiger partial charge is 0.269 e. The number of nitrogens with zero attached hydrogens (tertiary/aromatic N) is 4. The van der Waals surface area contributed by atoms with E-state index in [1.807, 2.05) is 13.8 Å². The molecule has 3 aromatic heterocycles. The average molecular weight is 405 g/mol. The third-order valence-corrected chi connectivity index (χ3v) is 4.80. The third kappa shape index (κ3) is 3.58. The molecular weight excluding hydrogens is 386 g/mol. The maximum Gasteiger partial charge on any atom is 0.269 e. The van der Waals surface area contributed by atoms with Crippen LogP contribution in [-0.4, -0.2) is 36.2 Å². The van der Waals surface area contributed by atoms with Gasteiger partial charge in [0, 0.05) is 34.9 Å². The number of benzene rings is 1. The van der Waals surface area contributed by atoms with E-state index in [9.17, 15) is 14.4 Å². The number of hydrogen-bond donors (Lipinski definition) is 3. The molecule has 0 saturated heterocycles. The topological polar surface area (TPSA) is 140 Å². The molecule has 0 aliphatic rings. The zero-order chi connectivity index (χ0) is 21.4. The van der Waals surface area contributed by atoms with Crippen molar-refractivity contribution in [3.63, 3.8) is 0 Å². The van der Waals surface area contributed by atoms with E-state index in [4.69, 9.17) is 5.73 Å². The maximum absolute atomic E-state index is 12.6. The number of aromatic nitrogens is 5. The summed E-state index contributed by atoms with van der Waals surface area (Å²) in [6.07, 6.45) is 1.75. The summed E-state index contributed by atoms with van der Waals surface area (Å²) in [5.74, 6) is -0.806. The van der Waals surface area contributed by atoms with Crippen molar-refractivity contribution in [1.82, 2.24) is 24.4 Å². The van der Waals surface area contributed by atoms with Gasteiger partial charge in [0.05, 0.1) is 12.1 Å². The molecule has 0 saturated carbocycles. The second kappa shape index (κ2) is 7.32. The Morgan fingerprint density at radius 2 is 1.90 bits per heavy atom. The van der Waals surface area contributed by atoms with Crippen LogP contribution in [0.15, 0.2) is 47.4 Å². The molecule has 4 N–H and O–H groups in total. The second-order valence-electron chi connectivity index (χ2n) is 6.86. The molecule has 152 valence electrons. The van der Waals surface area contributed by atoms with Crippen molar-refractivity contribution >= 4 is 23.1 Å². The van der Waals surface area contributed by atoms with Crippen LogP contribution in [0, 0.1) is 13.8 Å². The first-order chi connectivity index (χ1) is 14.3. The van der Waals surface area contributed by atoms with Gasteiger partial charge in [0.15, 0.2) is 5.65 Å². The number of amides is 2. The highest BCUT2D eigenvalue weighted by Gasteiger charge is 2.14. The van der Waals surface area contributed by atoms with Crippen molar-refractivity contribution in [2.24, 2.45) is 5.73 Å². The zero-order valence-electron chi connectivity index (χ0n) is 16.3. The molecule has 1 aromatic carbocycles. The Bertz CT molecular complexity index is 1330. The van der Waals surface area contributed by atoms with Crippen molar-refractivity contribution in [1.29, 1.82) is 0 Å². The van der Waals surface area contributed by atoms with Crippen LogP contribution in [0.1, 0.15) is 27.4 Å². The van der Waals surface area contributed by atoms with E-state index in [1.165, 1.54) is 16.8 Å². The lowest BCUT2D eigenvalue weighted by Gasteiger charge is -2.12. The summed E-state index contributed by atoms with van der Waals surface area (Å²) in [5.41, 5.74) is 9.21. The standard InChI is InChI=1S/C20H19N7O3/c1-11-15(12(2)27-17(22-11)10-19(29)25-27)9-18(28)23-13-3-5-14(6-4-13)26-8-7-16(24-26)20(21)30/h3-8,10H,9H2,1-2H3,(H2,21,30)(H,23,28)(H,25,29). The van der Waals surface area contributed by atoms with Crippen molar-refractivity contribution in [3.05, 3.63) is 75.6 Å². The Kier molecular flexibility index (Phi) is 4.66. The molecule has 2 amide bonds. The van der Waals surface area contributed by atoms with Crippen LogP contribution in [-0.2, 0) is 11.2 Å². The molecule has 0 aliphatic heterocycles. The van der Waals surface area contributed by atoms with E-state index in [0.717, 1.165) is 16.9 Å². The molecule has 0 radical (unpaired) electrons. The molecule has 0 fully saturated rings.